The lowest BCUT2D eigenvalue weighted by Crippen LogP contribution is -2.56. The highest BCUT2D eigenvalue weighted by Gasteiger charge is 2.30. The summed E-state index contributed by atoms with van der Waals surface area (Å²) in [6.45, 7) is 1.52. The molecular formula is C12H17FN2O. The number of aliphatic hydroxyl groups excluding tert-OH is 1. The fourth-order valence-corrected chi connectivity index (χ4v) is 2.16. The fraction of sp³-hybridized carbons (Fsp3) is 0.500. The van der Waals surface area contributed by atoms with Crippen LogP contribution in [-0.4, -0.2) is 30.3 Å². The molecule has 1 aliphatic heterocycles. The van der Waals surface area contributed by atoms with Crippen LogP contribution < -0.4 is 10.6 Å². The smallest absolute Gasteiger partial charge is 0.123 e. The molecular weight excluding hydrogens is 207 g/mol. The number of nitrogens with zero attached hydrogens (tertiary/aromatic N) is 1. The van der Waals surface area contributed by atoms with E-state index in [1.807, 2.05) is 0 Å². The molecule has 4 heteroatoms. The van der Waals surface area contributed by atoms with Gasteiger partial charge in [0.25, 0.3) is 0 Å². The topological polar surface area (TPSA) is 49.5 Å². The summed E-state index contributed by atoms with van der Waals surface area (Å²) in [7, 11) is 0. The van der Waals surface area contributed by atoms with E-state index in [2.05, 4.69) is 4.90 Å². The average Bonchev–Trinajstić information content (AvgIpc) is 2.30. The van der Waals surface area contributed by atoms with Crippen molar-refractivity contribution in [1.82, 2.24) is 0 Å². The minimum atomic E-state index is -0.521. The third kappa shape index (κ3) is 2.33. The molecule has 1 saturated heterocycles. The van der Waals surface area contributed by atoms with Crippen LogP contribution in [0.1, 0.15) is 12.8 Å². The predicted molar refractivity (Wildman–Crippen MR) is 61.9 cm³/mol. The number of benzene rings is 1. The zero-order valence-electron chi connectivity index (χ0n) is 9.19. The van der Waals surface area contributed by atoms with Crippen molar-refractivity contribution in [2.24, 2.45) is 5.73 Å². The van der Waals surface area contributed by atoms with E-state index in [9.17, 15) is 9.50 Å². The first-order valence-electron chi connectivity index (χ1n) is 5.53. The van der Waals surface area contributed by atoms with Gasteiger partial charge in [-0.05, 0) is 37.1 Å². The lowest BCUT2D eigenvalue weighted by molar-refractivity contribution is 0.177. The molecule has 1 heterocycles. The maximum atomic E-state index is 12.8. The highest BCUT2D eigenvalue weighted by atomic mass is 19.1. The van der Waals surface area contributed by atoms with E-state index >= 15 is 0 Å². The van der Waals surface area contributed by atoms with Crippen LogP contribution in [0.2, 0.25) is 0 Å². The van der Waals surface area contributed by atoms with Gasteiger partial charge in [-0.2, -0.15) is 0 Å². The summed E-state index contributed by atoms with van der Waals surface area (Å²) in [6.07, 6.45) is 1.79. The summed E-state index contributed by atoms with van der Waals surface area (Å²) >= 11 is 0. The minimum Gasteiger partial charge on any atom is -0.394 e. The molecule has 16 heavy (non-hydrogen) atoms. The molecule has 88 valence electrons. The van der Waals surface area contributed by atoms with E-state index in [0.29, 0.717) is 6.54 Å². The molecule has 0 saturated carbocycles. The van der Waals surface area contributed by atoms with Crippen molar-refractivity contribution in [2.75, 3.05) is 24.6 Å². The molecule has 0 amide bonds. The molecule has 0 aliphatic carbocycles. The average molecular weight is 224 g/mol. The fourth-order valence-electron chi connectivity index (χ4n) is 2.16. The number of halogens is 1. The highest BCUT2D eigenvalue weighted by molar-refractivity contribution is 5.47. The van der Waals surface area contributed by atoms with E-state index < -0.39 is 5.54 Å². The number of hydrogen-bond acceptors (Lipinski definition) is 3. The Morgan fingerprint density at radius 1 is 1.38 bits per heavy atom. The van der Waals surface area contributed by atoms with E-state index in [0.717, 1.165) is 25.1 Å². The van der Waals surface area contributed by atoms with Crippen LogP contribution in [-0.2, 0) is 0 Å². The number of piperidine rings is 1. The Morgan fingerprint density at radius 3 is 2.69 bits per heavy atom. The maximum Gasteiger partial charge on any atom is 0.123 e. The monoisotopic (exact) mass is 224 g/mol. The zero-order chi connectivity index (χ0) is 11.6. The van der Waals surface area contributed by atoms with Crippen molar-refractivity contribution in [3.63, 3.8) is 0 Å². The van der Waals surface area contributed by atoms with Crippen LogP contribution in [0.3, 0.4) is 0 Å². The number of anilines is 1. The molecule has 0 aromatic heterocycles. The van der Waals surface area contributed by atoms with Crippen LogP contribution in [0.15, 0.2) is 24.3 Å². The summed E-state index contributed by atoms with van der Waals surface area (Å²) in [5, 5.41) is 9.25. The quantitative estimate of drug-likeness (QED) is 0.791. The van der Waals surface area contributed by atoms with Gasteiger partial charge in [0.2, 0.25) is 0 Å². The molecule has 1 aromatic rings. The predicted octanol–water partition coefficient (Wildman–Crippen LogP) is 1.12. The molecule has 0 bridgehead atoms. The lowest BCUT2D eigenvalue weighted by Gasteiger charge is -2.40. The summed E-state index contributed by atoms with van der Waals surface area (Å²) in [5.74, 6) is -0.234. The lowest BCUT2D eigenvalue weighted by atomic mass is 9.91. The van der Waals surface area contributed by atoms with Gasteiger partial charge in [0.05, 0.1) is 12.1 Å². The Labute approximate surface area is 94.7 Å². The molecule has 1 unspecified atom stereocenters. The summed E-state index contributed by atoms with van der Waals surface area (Å²) < 4.78 is 12.8. The third-order valence-corrected chi connectivity index (χ3v) is 3.12. The van der Waals surface area contributed by atoms with E-state index in [-0.39, 0.29) is 12.4 Å². The molecule has 3 N–H and O–H groups in total. The SMILES string of the molecule is NC1(CO)CCCN(c2ccc(F)cc2)C1. The third-order valence-electron chi connectivity index (χ3n) is 3.12. The van der Waals surface area contributed by atoms with Crippen molar-refractivity contribution < 1.29 is 9.50 Å². The van der Waals surface area contributed by atoms with Crippen LogP contribution in [0.25, 0.3) is 0 Å². The van der Waals surface area contributed by atoms with Gasteiger partial charge in [-0.3, -0.25) is 0 Å². The van der Waals surface area contributed by atoms with Crippen molar-refractivity contribution in [3.05, 3.63) is 30.1 Å². The van der Waals surface area contributed by atoms with Gasteiger partial charge in [0.15, 0.2) is 0 Å². The number of aliphatic hydroxyl groups is 1. The first-order chi connectivity index (χ1) is 7.63. The van der Waals surface area contributed by atoms with Crippen LogP contribution in [0.5, 0.6) is 0 Å². The Hall–Kier alpha value is -1.13. The molecule has 1 aliphatic rings. The molecule has 3 nitrogen and oxygen atoms in total. The first kappa shape index (κ1) is 11.4. The Balaban J connectivity index is 2.12. The van der Waals surface area contributed by atoms with Crippen molar-refractivity contribution in [2.45, 2.75) is 18.4 Å². The summed E-state index contributed by atoms with van der Waals surface area (Å²) in [4.78, 5) is 2.10. The van der Waals surface area contributed by atoms with Crippen molar-refractivity contribution in [3.8, 4) is 0 Å². The Bertz CT molecular complexity index is 355. The molecule has 2 rings (SSSR count). The van der Waals surface area contributed by atoms with Gasteiger partial charge < -0.3 is 15.7 Å². The molecule has 0 spiro atoms. The Kier molecular flexibility index (Phi) is 3.12. The maximum absolute atomic E-state index is 12.8. The second-order valence-electron chi connectivity index (χ2n) is 4.52. The zero-order valence-corrected chi connectivity index (χ0v) is 9.19. The van der Waals surface area contributed by atoms with Gasteiger partial charge in [-0.15, -0.1) is 0 Å². The van der Waals surface area contributed by atoms with E-state index in [1.165, 1.54) is 12.1 Å². The number of nitrogens with two attached hydrogens (primary N) is 1. The second kappa shape index (κ2) is 4.39. The number of hydrogen-bond donors (Lipinski definition) is 2. The second-order valence-corrected chi connectivity index (χ2v) is 4.52. The van der Waals surface area contributed by atoms with Gasteiger partial charge >= 0.3 is 0 Å². The highest BCUT2D eigenvalue weighted by Crippen LogP contribution is 2.24. The molecule has 0 radical (unpaired) electrons. The standard InChI is InChI=1S/C12H17FN2O/c13-10-2-4-11(5-3-10)15-7-1-6-12(14,8-15)9-16/h2-5,16H,1,6-9,14H2. The van der Waals surface area contributed by atoms with Gasteiger partial charge in [0, 0.05) is 18.8 Å². The molecule has 1 atom stereocenters. The van der Waals surface area contributed by atoms with Crippen LogP contribution in [0.4, 0.5) is 10.1 Å². The normalized spacial score (nSPS) is 25.8. The minimum absolute atomic E-state index is 0.00923. The van der Waals surface area contributed by atoms with Crippen LogP contribution >= 0.6 is 0 Å². The van der Waals surface area contributed by atoms with Gasteiger partial charge in [-0.1, -0.05) is 0 Å². The first-order valence-corrected chi connectivity index (χ1v) is 5.53. The molecule has 1 fully saturated rings. The van der Waals surface area contributed by atoms with Crippen LogP contribution in [0, 0.1) is 5.82 Å². The molecule has 1 aromatic carbocycles. The Morgan fingerprint density at radius 2 is 2.06 bits per heavy atom. The largest absolute Gasteiger partial charge is 0.394 e. The van der Waals surface area contributed by atoms with Crippen molar-refractivity contribution >= 4 is 5.69 Å². The number of rotatable bonds is 2. The van der Waals surface area contributed by atoms with E-state index in [1.54, 1.807) is 12.1 Å². The van der Waals surface area contributed by atoms with Gasteiger partial charge in [-0.25, -0.2) is 4.39 Å². The summed E-state index contributed by atoms with van der Waals surface area (Å²) in [6, 6.07) is 6.39. The van der Waals surface area contributed by atoms with E-state index in [4.69, 9.17) is 5.73 Å². The van der Waals surface area contributed by atoms with Crippen molar-refractivity contribution in [1.29, 1.82) is 0 Å². The summed E-state index contributed by atoms with van der Waals surface area (Å²) in [5.41, 5.74) is 6.49. The van der Waals surface area contributed by atoms with Gasteiger partial charge in [0.1, 0.15) is 5.82 Å².